The topological polar surface area (TPSA) is 66.9 Å². The van der Waals surface area contributed by atoms with E-state index in [1.165, 1.54) is 0 Å². The van der Waals surface area contributed by atoms with Crippen molar-refractivity contribution in [2.75, 3.05) is 6.61 Å². The summed E-state index contributed by atoms with van der Waals surface area (Å²) in [6.45, 7) is 0.603. The third kappa shape index (κ3) is 3.45. The van der Waals surface area contributed by atoms with E-state index in [9.17, 15) is 8.42 Å². The maximum atomic E-state index is 10.0. The predicted molar refractivity (Wildman–Crippen MR) is 30.2 cm³/mol. The zero-order chi connectivity index (χ0) is 6.91. The van der Waals surface area contributed by atoms with Crippen molar-refractivity contribution in [1.82, 2.24) is 0 Å². The van der Waals surface area contributed by atoms with Crippen LogP contribution in [0.5, 0.6) is 0 Å². The van der Waals surface area contributed by atoms with E-state index >= 15 is 0 Å². The molecule has 0 spiro atoms. The molecule has 1 aliphatic rings. The first-order valence-corrected chi connectivity index (χ1v) is 4.00. The van der Waals surface area contributed by atoms with Crippen LogP contribution in [0.2, 0.25) is 0 Å². The molecule has 1 atom stereocenters. The molecule has 0 aliphatic carbocycles. The lowest BCUT2D eigenvalue weighted by Crippen LogP contribution is -1.99. The Morgan fingerprint density at radius 2 is 2.33 bits per heavy atom. The molecule has 0 bridgehead atoms. The number of ether oxygens (including phenoxy) is 1. The van der Waals surface area contributed by atoms with Crippen LogP contribution in [0.25, 0.3) is 0 Å². The quantitative estimate of drug-likeness (QED) is 0.449. The lowest BCUT2D eigenvalue weighted by Gasteiger charge is -1.89. The molecule has 1 unspecified atom stereocenters. The molecule has 1 saturated heterocycles. The van der Waals surface area contributed by atoms with Gasteiger partial charge >= 0.3 is 0 Å². The van der Waals surface area contributed by atoms with Crippen LogP contribution in [0.1, 0.15) is 6.42 Å². The third-order valence-electron chi connectivity index (χ3n) is 0.972. The first-order chi connectivity index (χ1) is 4.08. The molecule has 53 valence electrons. The molecule has 0 saturated carbocycles. The van der Waals surface area contributed by atoms with E-state index in [1.807, 2.05) is 0 Å². The highest BCUT2D eigenvalue weighted by Crippen LogP contribution is 2.15. The zero-order valence-corrected chi connectivity index (χ0v) is 5.47. The van der Waals surface area contributed by atoms with Crippen LogP contribution in [0.15, 0.2) is 0 Å². The van der Waals surface area contributed by atoms with E-state index in [1.54, 1.807) is 0 Å². The Labute approximate surface area is 53.6 Å². The minimum absolute atomic E-state index is 0.0203. The highest BCUT2D eigenvalue weighted by molar-refractivity contribution is 7.87. The molecule has 0 aromatic heterocycles. The van der Waals surface area contributed by atoms with Gasteiger partial charge in [-0.25, -0.2) is 0 Å². The van der Waals surface area contributed by atoms with Gasteiger partial charge in [0.15, 0.2) is 0 Å². The Hall–Kier alpha value is -0.130. The summed E-state index contributed by atoms with van der Waals surface area (Å²) in [4.78, 5) is 0. The Morgan fingerprint density at radius 3 is 2.67 bits per heavy atom. The molecule has 1 heterocycles. The van der Waals surface area contributed by atoms with Crippen LogP contribution < -0.4 is 0 Å². The zero-order valence-electron chi connectivity index (χ0n) is 4.65. The minimum atomic E-state index is -3.88. The van der Waals surface area contributed by atoms with Crippen molar-refractivity contribution in [1.29, 1.82) is 0 Å². The van der Waals surface area contributed by atoms with Gasteiger partial charge in [0.25, 0.3) is 10.1 Å². The first kappa shape index (κ1) is 6.98. The van der Waals surface area contributed by atoms with Gasteiger partial charge in [0.05, 0.1) is 12.7 Å². The van der Waals surface area contributed by atoms with E-state index in [0.717, 1.165) is 5.75 Å². The first-order valence-electron chi connectivity index (χ1n) is 2.50. The second-order valence-corrected chi connectivity index (χ2v) is 3.24. The van der Waals surface area contributed by atoms with Gasteiger partial charge in [-0.05, 0) is 6.42 Å². The van der Waals surface area contributed by atoms with E-state index in [2.05, 4.69) is 0 Å². The molecule has 1 fully saturated rings. The van der Waals surface area contributed by atoms with E-state index in [4.69, 9.17) is 9.29 Å². The van der Waals surface area contributed by atoms with Crippen LogP contribution in [-0.2, 0) is 14.9 Å². The summed E-state index contributed by atoms with van der Waals surface area (Å²) >= 11 is 0. The van der Waals surface area contributed by atoms with Crippen LogP contribution >= 0.6 is 0 Å². The Balaban J connectivity index is 2.18. The lowest BCUT2D eigenvalue weighted by molar-refractivity contribution is 0.405. The molecule has 0 amide bonds. The van der Waals surface area contributed by atoms with Crippen molar-refractivity contribution in [2.45, 2.75) is 12.5 Å². The normalized spacial score (nSPS) is 26.1. The minimum Gasteiger partial charge on any atom is -0.373 e. The average molecular weight is 151 g/mol. The lowest BCUT2D eigenvalue weighted by atomic mass is 10.4. The Kier molecular flexibility index (Phi) is 1.74. The summed E-state index contributed by atoms with van der Waals surface area (Å²) in [5, 5.41) is 0. The van der Waals surface area contributed by atoms with Crippen molar-refractivity contribution in [3.63, 3.8) is 0 Å². The van der Waals surface area contributed by atoms with Gasteiger partial charge in [-0.15, -0.1) is 0 Å². The molecule has 0 aromatic carbocycles. The van der Waals surface area contributed by atoms with Gasteiger partial charge in [-0.3, -0.25) is 4.55 Å². The molecule has 1 N–H and O–H groups in total. The smallest absolute Gasteiger partial charge is 0.269 e. The molecule has 1 rings (SSSR count). The van der Waals surface area contributed by atoms with Gasteiger partial charge in [-0.1, -0.05) is 0 Å². The molecular formula is C4H7O4S. The van der Waals surface area contributed by atoms with Crippen molar-refractivity contribution in [3.8, 4) is 0 Å². The molecule has 9 heavy (non-hydrogen) atoms. The summed E-state index contributed by atoms with van der Waals surface area (Å²) in [6, 6.07) is 0. The maximum Gasteiger partial charge on any atom is 0.269 e. The van der Waals surface area contributed by atoms with Gasteiger partial charge in [0, 0.05) is 0 Å². The number of rotatable bonds is 3. The summed E-state index contributed by atoms with van der Waals surface area (Å²) in [5.41, 5.74) is 0. The van der Waals surface area contributed by atoms with Crippen LogP contribution in [0.3, 0.4) is 0 Å². The molecule has 1 radical (unpaired) electrons. The largest absolute Gasteiger partial charge is 0.373 e. The molecule has 1 aliphatic heterocycles. The fraction of sp³-hybridized carbons (Fsp3) is 0.750. The number of hydrogen-bond donors (Lipinski definition) is 1. The van der Waals surface area contributed by atoms with Gasteiger partial charge in [0.1, 0.15) is 5.75 Å². The SMILES string of the molecule is O=S(=O)(O)[CH]CC1CO1. The molecule has 5 heteroatoms. The number of epoxide rings is 1. The standard InChI is InChI=1S/C4H7O4S/c5-9(6,7)2-1-4-3-8-4/h2,4H,1,3H2,(H,5,6,7). The van der Waals surface area contributed by atoms with E-state index in [-0.39, 0.29) is 6.10 Å². The van der Waals surface area contributed by atoms with Crippen LogP contribution in [-0.4, -0.2) is 25.7 Å². The summed E-state index contributed by atoms with van der Waals surface area (Å²) in [7, 11) is -3.88. The van der Waals surface area contributed by atoms with Gasteiger partial charge in [0.2, 0.25) is 0 Å². The molecule has 4 nitrogen and oxygen atoms in total. The van der Waals surface area contributed by atoms with Crippen LogP contribution in [0, 0.1) is 5.75 Å². The summed E-state index contributed by atoms with van der Waals surface area (Å²) in [6.07, 6.45) is 0.311. The Morgan fingerprint density at radius 1 is 1.78 bits per heavy atom. The van der Waals surface area contributed by atoms with Crippen molar-refractivity contribution < 1.29 is 17.7 Å². The number of hydrogen-bond acceptors (Lipinski definition) is 3. The highest BCUT2D eigenvalue weighted by atomic mass is 32.2. The average Bonchev–Trinajstić information content (AvgIpc) is 2.38. The van der Waals surface area contributed by atoms with Crippen molar-refractivity contribution in [3.05, 3.63) is 5.75 Å². The maximum absolute atomic E-state index is 10.0. The second-order valence-electron chi connectivity index (χ2n) is 1.87. The van der Waals surface area contributed by atoms with Gasteiger partial charge in [-0.2, -0.15) is 8.42 Å². The van der Waals surface area contributed by atoms with Gasteiger partial charge < -0.3 is 4.74 Å². The summed E-state index contributed by atoms with van der Waals surface area (Å²) in [5.74, 6) is 0.852. The highest BCUT2D eigenvalue weighted by Gasteiger charge is 2.24. The predicted octanol–water partition coefficient (Wildman–Crippen LogP) is -0.175. The van der Waals surface area contributed by atoms with E-state index < -0.39 is 10.1 Å². The fourth-order valence-electron chi connectivity index (χ4n) is 0.433. The summed E-state index contributed by atoms with van der Waals surface area (Å²) < 4.78 is 32.9. The van der Waals surface area contributed by atoms with Crippen molar-refractivity contribution >= 4 is 10.1 Å². The Bertz CT molecular complexity index is 179. The molecule has 0 aromatic rings. The second kappa shape index (κ2) is 2.24. The van der Waals surface area contributed by atoms with Crippen LogP contribution in [0.4, 0.5) is 0 Å². The third-order valence-corrected chi connectivity index (χ3v) is 1.59. The molecular weight excluding hydrogens is 144 g/mol. The fourth-order valence-corrected chi connectivity index (χ4v) is 0.891. The van der Waals surface area contributed by atoms with E-state index in [0.29, 0.717) is 13.0 Å². The monoisotopic (exact) mass is 151 g/mol. The van der Waals surface area contributed by atoms with Crippen molar-refractivity contribution in [2.24, 2.45) is 0 Å².